The summed E-state index contributed by atoms with van der Waals surface area (Å²) in [5, 5.41) is 23.5. The summed E-state index contributed by atoms with van der Waals surface area (Å²) in [6, 6.07) is 10.2. The van der Waals surface area contributed by atoms with Crippen LogP contribution in [0.25, 0.3) is 11.4 Å². The Morgan fingerprint density at radius 2 is 2.03 bits per heavy atom. The van der Waals surface area contributed by atoms with Gasteiger partial charge in [-0.2, -0.15) is 10.5 Å². The van der Waals surface area contributed by atoms with Crippen LogP contribution in [0.1, 0.15) is 44.7 Å². The van der Waals surface area contributed by atoms with Crippen LogP contribution in [0.3, 0.4) is 0 Å². The number of amides is 2. The van der Waals surface area contributed by atoms with Crippen LogP contribution in [0, 0.1) is 23.2 Å². The number of hydrogen-bond donors (Lipinski definition) is 1. The molecule has 1 saturated carbocycles. The molecule has 7 atom stereocenters. The number of carbonyl (C=O) groups is 2. The Morgan fingerprint density at radius 3 is 2.71 bits per heavy atom. The van der Waals surface area contributed by atoms with Gasteiger partial charge in [0.1, 0.15) is 6.04 Å². The highest BCUT2D eigenvalue weighted by Gasteiger charge is 2.55. The number of aromatic nitrogens is 4. The van der Waals surface area contributed by atoms with E-state index in [1.165, 1.54) is 0 Å². The number of hydrogen-bond acceptors (Lipinski definition) is 7. The van der Waals surface area contributed by atoms with Crippen molar-refractivity contribution in [3.8, 4) is 17.5 Å². The summed E-state index contributed by atoms with van der Waals surface area (Å²) in [7, 11) is 0. The number of likely N-dealkylation sites (tertiary alicyclic amines) is 3. The predicted octanol–water partition coefficient (Wildman–Crippen LogP) is 1.36. The van der Waals surface area contributed by atoms with Crippen molar-refractivity contribution in [2.75, 3.05) is 13.1 Å². The molecule has 3 saturated heterocycles. The maximum atomic E-state index is 13.3. The minimum Gasteiger partial charge on any atom is -0.330 e. The lowest BCUT2D eigenvalue weighted by Crippen LogP contribution is -2.53. The SMILES string of the molecule is C[C@@H](CN1C[C@@H]2C[C@H]1C(=O)N2[C@@H](C)c1ccc(-c2nn[nH]n2)cc1)C(=O)N1C2C[C@H]2C[C@H]1C#N. The van der Waals surface area contributed by atoms with Crippen LogP contribution >= 0.6 is 0 Å². The molecule has 176 valence electrons. The predicted molar refractivity (Wildman–Crippen MR) is 121 cm³/mol. The summed E-state index contributed by atoms with van der Waals surface area (Å²) >= 11 is 0. The van der Waals surface area contributed by atoms with Crippen molar-refractivity contribution in [3.63, 3.8) is 0 Å². The zero-order valence-corrected chi connectivity index (χ0v) is 19.3. The molecule has 10 nitrogen and oxygen atoms in total. The van der Waals surface area contributed by atoms with E-state index in [-0.39, 0.29) is 47.9 Å². The van der Waals surface area contributed by atoms with Crippen LogP contribution in [-0.2, 0) is 9.59 Å². The van der Waals surface area contributed by atoms with Gasteiger partial charge in [-0.05, 0) is 42.9 Å². The normalized spacial score (nSPS) is 31.4. The van der Waals surface area contributed by atoms with Gasteiger partial charge >= 0.3 is 0 Å². The van der Waals surface area contributed by atoms with Crippen molar-refractivity contribution in [1.82, 2.24) is 35.3 Å². The molecule has 1 aromatic heterocycles. The van der Waals surface area contributed by atoms with Crippen molar-refractivity contribution in [2.45, 2.75) is 63.3 Å². The van der Waals surface area contributed by atoms with Crippen LogP contribution in [0.2, 0.25) is 0 Å². The van der Waals surface area contributed by atoms with Gasteiger partial charge in [-0.1, -0.05) is 31.2 Å². The Labute approximate surface area is 197 Å². The van der Waals surface area contributed by atoms with E-state index >= 15 is 0 Å². The number of tetrazole rings is 1. The van der Waals surface area contributed by atoms with Crippen LogP contribution in [0.15, 0.2) is 24.3 Å². The first-order chi connectivity index (χ1) is 16.5. The van der Waals surface area contributed by atoms with Crippen LogP contribution in [-0.4, -0.2) is 84.4 Å². The Bertz CT molecular complexity index is 1140. The van der Waals surface area contributed by atoms with Gasteiger partial charge in [-0.25, -0.2) is 0 Å². The van der Waals surface area contributed by atoms with E-state index in [2.05, 4.69) is 38.5 Å². The second kappa shape index (κ2) is 7.87. The number of nitrogens with zero attached hydrogens (tertiary/aromatic N) is 7. The van der Waals surface area contributed by atoms with E-state index in [9.17, 15) is 14.9 Å². The maximum Gasteiger partial charge on any atom is 0.240 e. The van der Waals surface area contributed by atoms with Gasteiger partial charge in [0.05, 0.1) is 18.2 Å². The quantitative estimate of drug-likeness (QED) is 0.691. The summed E-state index contributed by atoms with van der Waals surface area (Å²) < 4.78 is 0. The van der Waals surface area contributed by atoms with Crippen molar-refractivity contribution in [2.24, 2.45) is 11.8 Å². The van der Waals surface area contributed by atoms with Crippen molar-refractivity contribution in [1.29, 1.82) is 5.26 Å². The largest absolute Gasteiger partial charge is 0.330 e. The second-order valence-electron chi connectivity index (χ2n) is 10.2. The number of piperazine rings is 1. The fourth-order valence-electron chi connectivity index (χ4n) is 6.33. The van der Waals surface area contributed by atoms with E-state index < -0.39 is 0 Å². The minimum atomic E-state index is -0.279. The first kappa shape index (κ1) is 21.2. The number of aromatic amines is 1. The summed E-state index contributed by atoms with van der Waals surface area (Å²) in [6.07, 6.45) is 2.65. The van der Waals surface area contributed by atoms with Gasteiger partial charge in [0.25, 0.3) is 0 Å². The Morgan fingerprint density at radius 1 is 1.24 bits per heavy atom. The molecule has 1 aromatic carbocycles. The molecule has 4 fully saturated rings. The van der Waals surface area contributed by atoms with E-state index in [0.717, 1.165) is 36.9 Å². The molecule has 2 bridgehead atoms. The van der Waals surface area contributed by atoms with E-state index in [0.29, 0.717) is 18.3 Å². The lowest BCUT2D eigenvalue weighted by Gasteiger charge is -2.38. The van der Waals surface area contributed by atoms with Crippen LogP contribution in [0.4, 0.5) is 0 Å². The fraction of sp³-hybridized carbons (Fsp3) is 0.583. The molecule has 4 heterocycles. The second-order valence-corrected chi connectivity index (χ2v) is 10.2. The third-order valence-electron chi connectivity index (χ3n) is 8.17. The molecule has 4 aliphatic rings. The zero-order valence-electron chi connectivity index (χ0n) is 19.3. The average molecular weight is 461 g/mol. The molecular formula is C24H28N8O2. The smallest absolute Gasteiger partial charge is 0.240 e. The molecule has 34 heavy (non-hydrogen) atoms. The number of H-pyrrole nitrogens is 1. The fourth-order valence-corrected chi connectivity index (χ4v) is 6.33. The monoisotopic (exact) mass is 460 g/mol. The molecule has 3 aliphatic heterocycles. The van der Waals surface area contributed by atoms with Gasteiger partial charge in [-0.15, -0.1) is 10.2 Å². The summed E-state index contributed by atoms with van der Waals surface area (Å²) in [4.78, 5) is 32.5. The van der Waals surface area contributed by atoms with Crippen molar-refractivity contribution in [3.05, 3.63) is 29.8 Å². The minimum absolute atomic E-state index is 0.0317. The molecule has 0 spiro atoms. The Hall–Kier alpha value is -3.32. The highest BCUT2D eigenvalue weighted by Crippen LogP contribution is 2.48. The van der Waals surface area contributed by atoms with Gasteiger partial charge < -0.3 is 9.80 Å². The van der Waals surface area contributed by atoms with Crippen molar-refractivity contribution >= 4 is 11.8 Å². The zero-order chi connectivity index (χ0) is 23.6. The number of piperidine rings is 1. The molecular weight excluding hydrogens is 432 g/mol. The number of benzene rings is 1. The number of rotatable bonds is 6. The average Bonchev–Trinajstić information content (AvgIpc) is 3.28. The topological polar surface area (TPSA) is 122 Å². The maximum absolute atomic E-state index is 13.3. The highest BCUT2D eigenvalue weighted by molar-refractivity contribution is 5.86. The summed E-state index contributed by atoms with van der Waals surface area (Å²) in [5.74, 6) is 1.05. The number of carbonyl (C=O) groups excluding carboxylic acids is 2. The number of nitriles is 1. The van der Waals surface area contributed by atoms with Crippen LogP contribution < -0.4 is 0 Å². The van der Waals surface area contributed by atoms with E-state index in [1.807, 2.05) is 41.0 Å². The molecule has 1 unspecified atom stereocenters. The number of fused-ring (bicyclic) bond motifs is 3. The highest BCUT2D eigenvalue weighted by atomic mass is 16.2. The third kappa shape index (κ3) is 3.29. The van der Waals surface area contributed by atoms with Crippen molar-refractivity contribution < 1.29 is 9.59 Å². The molecule has 0 radical (unpaired) electrons. The van der Waals surface area contributed by atoms with E-state index in [1.54, 1.807) is 0 Å². The lowest BCUT2D eigenvalue weighted by atomic mass is 10.0. The van der Waals surface area contributed by atoms with E-state index in [4.69, 9.17) is 0 Å². The Kier molecular flexibility index (Phi) is 4.92. The number of nitrogens with one attached hydrogen (secondary N) is 1. The molecule has 1 N–H and O–H groups in total. The van der Waals surface area contributed by atoms with Gasteiger partial charge in [0.15, 0.2) is 0 Å². The first-order valence-electron chi connectivity index (χ1n) is 12.1. The molecule has 10 heteroatoms. The van der Waals surface area contributed by atoms with Gasteiger partial charge in [0.2, 0.25) is 17.6 Å². The standard InChI is InChI=1S/C24H28N8O2/c1-13(23(33)32-18(10-25)7-17-8-20(17)32)11-30-12-19-9-21(30)24(34)31(19)14(2)15-3-5-16(6-4-15)22-26-28-29-27-22/h3-6,13-14,17-21H,7-9,11-12H2,1-2H3,(H,26,27,28,29)/t13-,14-,17+,18-,19-,20?,21-/m0/s1. The summed E-state index contributed by atoms with van der Waals surface area (Å²) in [5.41, 5.74) is 1.94. The molecule has 1 aliphatic carbocycles. The van der Waals surface area contributed by atoms with Gasteiger partial charge in [-0.3, -0.25) is 14.5 Å². The first-order valence-corrected chi connectivity index (χ1v) is 12.1. The van der Waals surface area contributed by atoms with Gasteiger partial charge in [0, 0.05) is 36.7 Å². The third-order valence-corrected chi connectivity index (χ3v) is 8.17. The Balaban J connectivity index is 1.10. The molecule has 6 rings (SSSR count). The lowest BCUT2D eigenvalue weighted by molar-refractivity contribution is -0.142. The van der Waals surface area contributed by atoms with Crippen LogP contribution in [0.5, 0.6) is 0 Å². The summed E-state index contributed by atoms with van der Waals surface area (Å²) in [6.45, 7) is 5.36. The molecule has 2 amide bonds. The molecule has 2 aromatic rings.